The Morgan fingerprint density at radius 2 is 2.03 bits per heavy atom. The maximum absolute atomic E-state index is 13.1. The summed E-state index contributed by atoms with van der Waals surface area (Å²) < 4.78 is 5.15. The maximum Gasteiger partial charge on any atom is 0.273 e. The number of methoxy groups -OCH3 is 1. The van der Waals surface area contributed by atoms with Gasteiger partial charge in [0, 0.05) is 31.4 Å². The normalized spacial score (nSPS) is 15.7. The highest BCUT2D eigenvalue weighted by molar-refractivity contribution is 6.00. The third-order valence-electron chi connectivity index (χ3n) is 5.20. The van der Waals surface area contributed by atoms with Crippen molar-refractivity contribution >= 4 is 5.91 Å². The van der Waals surface area contributed by atoms with Crippen molar-refractivity contribution in [3.05, 3.63) is 64.8 Å². The highest BCUT2D eigenvalue weighted by atomic mass is 16.5. The number of amides is 1. The number of ether oxygens (including phenoxy) is 1. The summed E-state index contributed by atoms with van der Waals surface area (Å²) in [5, 5.41) is 27.7. The van der Waals surface area contributed by atoms with E-state index in [4.69, 9.17) is 4.74 Å². The van der Waals surface area contributed by atoms with E-state index in [-0.39, 0.29) is 17.4 Å². The van der Waals surface area contributed by atoms with E-state index in [1.807, 2.05) is 25.1 Å². The van der Waals surface area contributed by atoms with Gasteiger partial charge in [-0.15, -0.1) is 0 Å². The molecule has 1 aliphatic heterocycles. The fourth-order valence-electron chi connectivity index (χ4n) is 3.89. The van der Waals surface area contributed by atoms with Gasteiger partial charge in [-0.05, 0) is 43.2 Å². The van der Waals surface area contributed by atoms with Crippen molar-refractivity contribution in [3.63, 3.8) is 0 Å². The van der Waals surface area contributed by atoms with Crippen molar-refractivity contribution in [2.45, 2.75) is 19.4 Å². The van der Waals surface area contributed by atoms with Crippen LogP contribution in [0.15, 0.2) is 42.5 Å². The number of aromatic hydroxyl groups is 2. The maximum atomic E-state index is 13.1. The number of hydrogen-bond acceptors (Lipinski definition) is 5. The quantitative estimate of drug-likeness (QED) is 0.558. The van der Waals surface area contributed by atoms with Gasteiger partial charge in [-0.3, -0.25) is 9.89 Å². The van der Waals surface area contributed by atoms with Crippen LogP contribution in [0.2, 0.25) is 0 Å². The Morgan fingerprint density at radius 1 is 1.21 bits per heavy atom. The number of benzene rings is 2. The van der Waals surface area contributed by atoms with Crippen molar-refractivity contribution in [3.8, 4) is 22.8 Å². The molecule has 29 heavy (non-hydrogen) atoms. The number of phenols is 2. The summed E-state index contributed by atoms with van der Waals surface area (Å²) >= 11 is 0. The predicted molar refractivity (Wildman–Crippen MR) is 108 cm³/mol. The SMILES string of the molecule is COCCCN1C(=O)c2[nH]nc(-c3cc(C)ccc3O)c2[C@H]1c1cccc(O)c1. The van der Waals surface area contributed by atoms with Gasteiger partial charge in [-0.2, -0.15) is 5.10 Å². The number of aromatic amines is 1. The molecule has 3 N–H and O–H groups in total. The van der Waals surface area contributed by atoms with Crippen LogP contribution in [0.4, 0.5) is 0 Å². The zero-order chi connectivity index (χ0) is 20.5. The summed E-state index contributed by atoms with van der Waals surface area (Å²) in [6, 6.07) is 11.8. The summed E-state index contributed by atoms with van der Waals surface area (Å²) in [6.07, 6.45) is 0.681. The van der Waals surface area contributed by atoms with Crippen LogP contribution in [0.3, 0.4) is 0 Å². The first-order valence-corrected chi connectivity index (χ1v) is 9.48. The van der Waals surface area contributed by atoms with Gasteiger partial charge in [-0.25, -0.2) is 0 Å². The second-order valence-corrected chi connectivity index (χ2v) is 7.22. The molecule has 3 aromatic rings. The molecule has 1 aromatic heterocycles. The first kappa shape index (κ1) is 19.0. The topological polar surface area (TPSA) is 98.7 Å². The Balaban J connectivity index is 1.86. The van der Waals surface area contributed by atoms with Crippen LogP contribution in [0.5, 0.6) is 11.5 Å². The molecule has 0 aliphatic carbocycles. The lowest BCUT2D eigenvalue weighted by molar-refractivity contribution is 0.0723. The monoisotopic (exact) mass is 393 g/mol. The van der Waals surface area contributed by atoms with Crippen LogP contribution >= 0.6 is 0 Å². The van der Waals surface area contributed by atoms with E-state index in [2.05, 4.69) is 10.2 Å². The molecule has 7 heteroatoms. The van der Waals surface area contributed by atoms with Gasteiger partial charge in [-0.1, -0.05) is 23.8 Å². The summed E-state index contributed by atoms with van der Waals surface area (Å²) in [5.74, 6) is 0.0730. The fraction of sp³-hybridized carbons (Fsp3) is 0.273. The number of phenolic OH excluding ortho intramolecular Hbond substituents is 2. The number of rotatable bonds is 6. The minimum absolute atomic E-state index is 0.102. The van der Waals surface area contributed by atoms with E-state index in [1.54, 1.807) is 36.3 Å². The van der Waals surface area contributed by atoms with Crippen LogP contribution in [0.25, 0.3) is 11.3 Å². The second kappa shape index (κ2) is 7.60. The molecule has 0 saturated heterocycles. The predicted octanol–water partition coefficient (Wildman–Crippen LogP) is 3.38. The molecule has 4 rings (SSSR count). The third-order valence-corrected chi connectivity index (χ3v) is 5.20. The standard InChI is InChI=1S/C22H23N3O4/c1-13-7-8-17(27)16(11-13)19-18-20(24-23-19)22(28)25(9-4-10-29-2)21(18)14-5-3-6-15(26)12-14/h3,5-8,11-12,21,26-27H,4,9-10H2,1-2H3,(H,23,24)/t21-/m1/s1. The summed E-state index contributed by atoms with van der Waals surface area (Å²) in [4.78, 5) is 14.9. The molecule has 1 amide bonds. The molecule has 7 nitrogen and oxygen atoms in total. The van der Waals surface area contributed by atoms with Crippen molar-refractivity contribution in [2.75, 3.05) is 20.3 Å². The molecule has 0 radical (unpaired) electrons. The minimum atomic E-state index is -0.421. The zero-order valence-corrected chi connectivity index (χ0v) is 16.3. The van der Waals surface area contributed by atoms with Gasteiger partial charge in [0.2, 0.25) is 0 Å². The van der Waals surface area contributed by atoms with Crippen LogP contribution in [0.1, 0.15) is 39.6 Å². The zero-order valence-electron chi connectivity index (χ0n) is 16.3. The van der Waals surface area contributed by atoms with Crippen molar-refractivity contribution < 1.29 is 19.7 Å². The lowest BCUT2D eigenvalue weighted by Gasteiger charge is -2.26. The number of carbonyl (C=O) groups is 1. The molecule has 1 aliphatic rings. The molecule has 0 bridgehead atoms. The van der Waals surface area contributed by atoms with Gasteiger partial charge in [0.05, 0.1) is 6.04 Å². The Labute approximate surface area is 168 Å². The van der Waals surface area contributed by atoms with Crippen LogP contribution in [0, 0.1) is 6.92 Å². The van der Waals surface area contributed by atoms with E-state index in [9.17, 15) is 15.0 Å². The Kier molecular flexibility index (Phi) is 4.98. The highest BCUT2D eigenvalue weighted by Crippen LogP contribution is 2.45. The van der Waals surface area contributed by atoms with Crippen LogP contribution in [-0.2, 0) is 4.74 Å². The first-order valence-electron chi connectivity index (χ1n) is 9.48. The number of nitrogens with one attached hydrogen (secondary N) is 1. The average Bonchev–Trinajstić information content (AvgIpc) is 3.23. The molecular formula is C22H23N3O4. The molecule has 2 aromatic carbocycles. The lowest BCUT2D eigenvalue weighted by Crippen LogP contribution is -2.31. The number of fused-ring (bicyclic) bond motifs is 1. The van der Waals surface area contributed by atoms with Crippen molar-refractivity contribution in [1.29, 1.82) is 0 Å². The largest absolute Gasteiger partial charge is 0.508 e. The number of aryl methyl sites for hydroxylation is 1. The molecule has 2 heterocycles. The van der Waals surface area contributed by atoms with E-state index < -0.39 is 6.04 Å². The van der Waals surface area contributed by atoms with Gasteiger partial charge in [0.1, 0.15) is 22.9 Å². The smallest absolute Gasteiger partial charge is 0.273 e. The number of aromatic nitrogens is 2. The first-order chi connectivity index (χ1) is 14.0. The molecule has 1 atom stereocenters. The Morgan fingerprint density at radius 3 is 2.79 bits per heavy atom. The van der Waals surface area contributed by atoms with Gasteiger partial charge in [0.15, 0.2) is 0 Å². The van der Waals surface area contributed by atoms with Crippen molar-refractivity contribution in [1.82, 2.24) is 15.1 Å². The van der Waals surface area contributed by atoms with Crippen molar-refractivity contribution in [2.24, 2.45) is 0 Å². The summed E-state index contributed by atoms with van der Waals surface area (Å²) in [5.41, 5.74) is 3.98. The Hall–Kier alpha value is -3.32. The van der Waals surface area contributed by atoms with E-state index >= 15 is 0 Å². The summed E-state index contributed by atoms with van der Waals surface area (Å²) in [6.45, 7) is 2.97. The minimum Gasteiger partial charge on any atom is -0.508 e. The van der Waals surface area contributed by atoms with Gasteiger partial charge >= 0.3 is 0 Å². The average molecular weight is 393 g/mol. The van der Waals surface area contributed by atoms with Crippen LogP contribution < -0.4 is 0 Å². The van der Waals surface area contributed by atoms with E-state index in [0.29, 0.717) is 42.1 Å². The molecule has 0 saturated carbocycles. The van der Waals surface area contributed by atoms with E-state index in [0.717, 1.165) is 11.1 Å². The molecule has 0 unspecified atom stereocenters. The number of H-pyrrole nitrogens is 1. The molecule has 0 spiro atoms. The van der Waals surface area contributed by atoms with E-state index in [1.165, 1.54) is 0 Å². The number of nitrogens with zero attached hydrogens (tertiary/aromatic N) is 2. The Bertz CT molecular complexity index is 1060. The third kappa shape index (κ3) is 3.34. The molecule has 0 fully saturated rings. The summed E-state index contributed by atoms with van der Waals surface area (Å²) in [7, 11) is 1.63. The number of hydrogen-bond donors (Lipinski definition) is 3. The fourth-order valence-corrected chi connectivity index (χ4v) is 3.89. The number of carbonyl (C=O) groups excluding carboxylic acids is 1. The van der Waals surface area contributed by atoms with Gasteiger partial charge < -0.3 is 19.8 Å². The van der Waals surface area contributed by atoms with Gasteiger partial charge in [0.25, 0.3) is 5.91 Å². The van der Waals surface area contributed by atoms with Crippen LogP contribution in [-0.4, -0.2) is 51.5 Å². The second-order valence-electron chi connectivity index (χ2n) is 7.22. The highest BCUT2D eigenvalue weighted by Gasteiger charge is 2.42. The lowest BCUT2D eigenvalue weighted by atomic mass is 9.95. The molecule has 150 valence electrons. The molecular weight excluding hydrogens is 370 g/mol.